The second-order valence-electron chi connectivity index (χ2n) is 4.21. The molecule has 1 N–H and O–H groups in total. The Labute approximate surface area is 127 Å². The largest absolute Gasteiger partial charge is 0.309 e. The van der Waals surface area contributed by atoms with E-state index < -0.39 is 9.83 Å². The van der Waals surface area contributed by atoms with Gasteiger partial charge in [0.1, 0.15) is 0 Å². The van der Waals surface area contributed by atoms with Crippen LogP contribution in [0.2, 0.25) is 0 Å². The van der Waals surface area contributed by atoms with Gasteiger partial charge in [0.25, 0.3) is 0 Å². The van der Waals surface area contributed by atoms with Gasteiger partial charge >= 0.3 is 0 Å². The predicted molar refractivity (Wildman–Crippen MR) is 83.0 cm³/mol. The highest BCUT2D eigenvalue weighted by Crippen LogP contribution is 2.39. The molecule has 1 aliphatic rings. The fraction of sp³-hybridized carbons (Fsp3) is 0.385. The van der Waals surface area contributed by atoms with Gasteiger partial charge in [0.2, 0.25) is 3.79 Å². The molecule has 0 saturated heterocycles. The molecule has 0 spiro atoms. The van der Waals surface area contributed by atoms with Crippen molar-refractivity contribution in [3.63, 3.8) is 0 Å². The molecule has 1 aliphatic heterocycles. The first kappa shape index (κ1) is 14.5. The first-order valence-corrected chi connectivity index (χ1v) is 7.74. The number of hydrogen-bond acceptors (Lipinski definition) is 2. The Hall–Kier alpha value is 0.140. The quantitative estimate of drug-likeness (QED) is 0.832. The van der Waals surface area contributed by atoms with Crippen molar-refractivity contribution in [1.82, 2.24) is 5.32 Å². The number of fused-ring (bicyclic) bond motifs is 1. The van der Waals surface area contributed by atoms with Crippen LogP contribution >= 0.6 is 46.6 Å². The number of nitrogens with one attached hydrogen (secondary N) is 1. The van der Waals surface area contributed by atoms with Gasteiger partial charge in [-0.1, -0.05) is 53.5 Å². The van der Waals surface area contributed by atoms with E-state index in [1.54, 1.807) is 7.05 Å². The van der Waals surface area contributed by atoms with Crippen LogP contribution in [0.5, 0.6) is 0 Å². The molecule has 0 amide bonds. The summed E-state index contributed by atoms with van der Waals surface area (Å²) in [5, 5.41) is 3.01. The molecule has 1 aromatic carbocycles. The third-order valence-electron chi connectivity index (χ3n) is 3.03. The number of alkyl halides is 3. The van der Waals surface area contributed by atoms with Gasteiger partial charge in [0, 0.05) is 10.6 Å². The molecule has 1 heterocycles. The predicted octanol–water partition coefficient (Wildman–Crippen LogP) is 4.31. The summed E-state index contributed by atoms with van der Waals surface area (Å²) in [5.74, 6) is 1.14. The molecule has 0 bridgehead atoms. The number of thioether (sulfide) groups is 1. The summed E-state index contributed by atoms with van der Waals surface area (Å²) in [6.45, 7) is 4.06. The zero-order chi connectivity index (χ0) is 13.3. The van der Waals surface area contributed by atoms with Crippen LogP contribution in [0.15, 0.2) is 29.7 Å². The lowest BCUT2D eigenvalue weighted by atomic mass is 9.99. The Morgan fingerprint density at radius 2 is 2.17 bits per heavy atom. The van der Waals surface area contributed by atoms with Gasteiger partial charge in [-0.25, -0.2) is 0 Å². The minimum Gasteiger partial charge on any atom is -0.309 e. The van der Waals surface area contributed by atoms with E-state index in [4.69, 9.17) is 34.8 Å². The van der Waals surface area contributed by atoms with E-state index >= 15 is 0 Å². The van der Waals surface area contributed by atoms with Crippen LogP contribution in [-0.2, 0) is 6.42 Å². The summed E-state index contributed by atoms with van der Waals surface area (Å²) in [7, 11) is 1.76. The molecule has 1 atom stereocenters. The van der Waals surface area contributed by atoms with Crippen molar-refractivity contribution in [3.8, 4) is 0 Å². The van der Waals surface area contributed by atoms with Crippen molar-refractivity contribution in [3.05, 3.63) is 35.9 Å². The average molecular weight is 323 g/mol. The molecule has 0 radical (unpaired) electrons. The van der Waals surface area contributed by atoms with Crippen LogP contribution in [0, 0.1) is 0 Å². The molecule has 0 saturated carbocycles. The van der Waals surface area contributed by atoms with Crippen molar-refractivity contribution in [2.75, 3.05) is 12.8 Å². The summed E-state index contributed by atoms with van der Waals surface area (Å²) >= 11 is 19.8. The Morgan fingerprint density at radius 1 is 1.44 bits per heavy atom. The molecule has 0 aromatic heterocycles. The van der Waals surface area contributed by atoms with Crippen LogP contribution < -0.4 is 5.32 Å². The monoisotopic (exact) mass is 321 g/mol. The number of halogens is 3. The fourth-order valence-corrected chi connectivity index (χ4v) is 3.90. The minimum atomic E-state index is -1.40. The van der Waals surface area contributed by atoms with Crippen molar-refractivity contribution in [2.45, 2.75) is 21.2 Å². The van der Waals surface area contributed by atoms with Gasteiger partial charge in [-0.05, 0) is 36.2 Å². The molecule has 5 heteroatoms. The van der Waals surface area contributed by atoms with Crippen LogP contribution in [0.25, 0.3) is 5.57 Å². The summed E-state index contributed by atoms with van der Waals surface area (Å²) in [6, 6.07) is 5.93. The van der Waals surface area contributed by atoms with Crippen molar-refractivity contribution in [2.24, 2.45) is 0 Å². The molecule has 1 unspecified atom stereocenters. The van der Waals surface area contributed by atoms with Gasteiger partial charge in [-0.2, -0.15) is 0 Å². The van der Waals surface area contributed by atoms with Crippen LogP contribution in [0.3, 0.4) is 0 Å². The standard InChI is InChI=1S/C13H14Cl3NS/c1-8(12(17-2)13(14,15)16)10-4-3-9-5-6-18-11(9)7-10/h3-4,7,12,17H,1,5-6H2,2H3. The van der Waals surface area contributed by atoms with E-state index in [1.807, 2.05) is 17.8 Å². The van der Waals surface area contributed by atoms with Crippen LogP contribution in [0.4, 0.5) is 0 Å². The molecule has 1 aromatic rings. The normalized spacial score (nSPS) is 16.4. The molecular weight excluding hydrogens is 309 g/mol. The highest BCUT2D eigenvalue weighted by molar-refractivity contribution is 7.99. The van der Waals surface area contributed by atoms with E-state index in [9.17, 15) is 0 Å². The van der Waals surface area contributed by atoms with Crippen LogP contribution in [-0.4, -0.2) is 22.6 Å². The number of likely N-dealkylation sites (N-methyl/N-ethyl adjacent to an activating group) is 1. The highest BCUT2D eigenvalue weighted by Gasteiger charge is 2.34. The maximum Gasteiger partial charge on any atom is 0.209 e. The van der Waals surface area contributed by atoms with Gasteiger partial charge in [-0.15, -0.1) is 11.8 Å². The maximum absolute atomic E-state index is 5.96. The lowest BCUT2D eigenvalue weighted by molar-refractivity contribution is 0.698. The number of benzene rings is 1. The SMILES string of the molecule is C=C(c1ccc2c(c1)SCC2)C(NC)C(Cl)(Cl)Cl. The second-order valence-corrected chi connectivity index (χ2v) is 7.72. The molecule has 0 fully saturated rings. The molecule has 98 valence electrons. The molecule has 2 rings (SSSR count). The van der Waals surface area contributed by atoms with E-state index in [2.05, 4.69) is 24.0 Å². The number of aryl methyl sites for hydroxylation is 1. The third-order valence-corrected chi connectivity index (χ3v) is 4.79. The summed E-state index contributed by atoms with van der Waals surface area (Å²) in [6.07, 6.45) is 1.13. The smallest absolute Gasteiger partial charge is 0.209 e. The third kappa shape index (κ3) is 3.00. The lowest BCUT2D eigenvalue weighted by Crippen LogP contribution is -2.38. The van der Waals surface area contributed by atoms with Gasteiger partial charge in [0.05, 0.1) is 6.04 Å². The Balaban J connectivity index is 2.28. The van der Waals surface area contributed by atoms with E-state index in [1.165, 1.54) is 10.5 Å². The zero-order valence-corrected chi connectivity index (χ0v) is 13.1. The second kappa shape index (κ2) is 5.64. The topological polar surface area (TPSA) is 12.0 Å². The Kier molecular flexibility index (Phi) is 4.56. The first-order valence-electron chi connectivity index (χ1n) is 5.62. The van der Waals surface area contributed by atoms with E-state index in [-0.39, 0.29) is 0 Å². The highest BCUT2D eigenvalue weighted by atomic mass is 35.6. The molecule has 1 nitrogen and oxygen atoms in total. The number of rotatable bonds is 3. The lowest BCUT2D eigenvalue weighted by Gasteiger charge is -2.26. The Morgan fingerprint density at radius 3 is 2.78 bits per heavy atom. The summed E-state index contributed by atoms with van der Waals surface area (Å²) in [4.78, 5) is 1.31. The van der Waals surface area contributed by atoms with Crippen molar-refractivity contribution < 1.29 is 0 Å². The van der Waals surface area contributed by atoms with Gasteiger partial charge in [-0.3, -0.25) is 0 Å². The molecule has 0 aliphatic carbocycles. The summed E-state index contributed by atoms with van der Waals surface area (Å²) < 4.78 is -1.40. The minimum absolute atomic E-state index is 0.396. The van der Waals surface area contributed by atoms with Crippen molar-refractivity contribution in [1.29, 1.82) is 0 Å². The van der Waals surface area contributed by atoms with Crippen LogP contribution in [0.1, 0.15) is 11.1 Å². The zero-order valence-electron chi connectivity index (χ0n) is 9.97. The average Bonchev–Trinajstić information content (AvgIpc) is 2.74. The maximum atomic E-state index is 5.96. The number of hydrogen-bond donors (Lipinski definition) is 1. The van der Waals surface area contributed by atoms with Gasteiger partial charge in [0.15, 0.2) is 0 Å². The Bertz CT molecular complexity index is 468. The van der Waals surface area contributed by atoms with Gasteiger partial charge < -0.3 is 5.32 Å². The van der Waals surface area contributed by atoms with E-state index in [0.29, 0.717) is 0 Å². The summed E-state index contributed by atoms with van der Waals surface area (Å²) in [5.41, 5.74) is 3.22. The van der Waals surface area contributed by atoms with E-state index in [0.717, 1.165) is 23.3 Å². The molecule has 18 heavy (non-hydrogen) atoms. The van der Waals surface area contributed by atoms with Crippen molar-refractivity contribution >= 4 is 52.1 Å². The molecular formula is C13H14Cl3NS. The first-order chi connectivity index (χ1) is 8.43. The fourth-order valence-electron chi connectivity index (χ4n) is 2.07.